The summed E-state index contributed by atoms with van der Waals surface area (Å²) in [4.78, 5) is 13.0. The molecule has 0 fully saturated rings. The molecule has 30 heavy (non-hydrogen) atoms. The maximum atomic E-state index is 13.0. The molecule has 0 amide bonds. The average molecular weight is 423 g/mol. The fourth-order valence-electron chi connectivity index (χ4n) is 3.47. The molecule has 0 aliphatic rings. The standard InChI is InChI=1S/C25H28O4P/c1-27-17-18-28-19-20-29-25(26)21-30(22-11-5-2-6-12-22,23-13-7-3-8-14-23)24-15-9-4-10-16-24/h2-16H,17-21H2,1H3/q+1. The number of benzene rings is 3. The van der Waals surface area contributed by atoms with E-state index < -0.39 is 7.26 Å². The summed E-state index contributed by atoms with van der Waals surface area (Å²) in [6.07, 6.45) is 0.309. The van der Waals surface area contributed by atoms with E-state index in [2.05, 4.69) is 36.4 Å². The summed E-state index contributed by atoms with van der Waals surface area (Å²) >= 11 is 0. The van der Waals surface area contributed by atoms with Gasteiger partial charge in [0.1, 0.15) is 29.8 Å². The Labute approximate surface area is 179 Å². The van der Waals surface area contributed by atoms with Crippen molar-refractivity contribution in [3.8, 4) is 0 Å². The van der Waals surface area contributed by atoms with Crippen molar-refractivity contribution in [2.24, 2.45) is 0 Å². The highest BCUT2D eigenvalue weighted by Crippen LogP contribution is 2.55. The first-order chi connectivity index (χ1) is 14.8. The van der Waals surface area contributed by atoms with Crippen LogP contribution >= 0.6 is 7.26 Å². The van der Waals surface area contributed by atoms with Crippen LogP contribution in [0.3, 0.4) is 0 Å². The van der Waals surface area contributed by atoms with Crippen molar-refractivity contribution in [1.82, 2.24) is 0 Å². The quantitative estimate of drug-likeness (QED) is 0.270. The van der Waals surface area contributed by atoms with Crippen molar-refractivity contribution in [2.75, 3.05) is 39.7 Å². The summed E-state index contributed by atoms with van der Waals surface area (Å²) in [6.45, 7) is 1.62. The van der Waals surface area contributed by atoms with Gasteiger partial charge in [0.15, 0.2) is 6.16 Å². The molecular formula is C25H28O4P+. The largest absolute Gasteiger partial charge is 0.461 e. The van der Waals surface area contributed by atoms with Crippen LogP contribution in [0.25, 0.3) is 0 Å². The van der Waals surface area contributed by atoms with E-state index in [4.69, 9.17) is 14.2 Å². The van der Waals surface area contributed by atoms with E-state index in [0.29, 0.717) is 26.0 Å². The minimum atomic E-state index is -2.21. The molecule has 3 aromatic rings. The lowest BCUT2D eigenvalue weighted by Crippen LogP contribution is -2.36. The Hall–Kier alpha value is -2.52. The van der Waals surface area contributed by atoms with Crippen LogP contribution in [0.1, 0.15) is 0 Å². The van der Waals surface area contributed by atoms with Gasteiger partial charge in [0, 0.05) is 7.11 Å². The van der Waals surface area contributed by atoms with Crippen LogP contribution in [-0.2, 0) is 19.0 Å². The van der Waals surface area contributed by atoms with E-state index in [9.17, 15) is 4.79 Å². The van der Waals surface area contributed by atoms with Crippen molar-refractivity contribution >= 4 is 29.1 Å². The van der Waals surface area contributed by atoms with Gasteiger partial charge in [-0.2, -0.15) is 0 Å². The predicted octanol–water partition coefficient (Wildman–Crippen LogP) is 3.19. The van der Waals surface area contributed by atoms with E-state index in [0.717, 1.165) is 15.9 Å². The Morgan fingerprint density at radius 3 is 1.53 bits per heavy atom. The zero-order valence-corrected chi connectivity index (χ0v) is 18.2. The Kier molecular flexibility index (Phi) is 8.58. The van der Waals surface area contributed by atoms with Gasteiger partial charge in [-0.1, -0.05) is 54.6 Å². The fraction of sp³-hybridized carbons (Fsp3) is 0.240. The molecule has 156 valence electrons. The van der Waals surface area contributed by atoms with Gasteiger partial charge in [-0.05, 0) is 36.4 Å². The molecule has 0 aromatic heterocycles. The van der Waals surface area contributed by atoms with Crippen LogP contribution in [0.2, 0.25) is 0 Å². The molecule has 3 rings (SSSR count). The fourth-order valence-corrected chi connectivity index (χ4v) is 7.43. The third kappa shape index (κ3) is 5.54. The van der Waals surface area contributed by atoms with Gasteiger partial charge in [-0.15, -0.1) is 0 Å². The minimum absolute atomic E-state index is 0.213. The summed E-state index contributed by atoms with van der Waals surface area (Å²) < 4.78 is 15.9. The second-order valence-electron chi connectivity index (χ2n) is 6.80. The lowest BCUT2D eigenvalue weighted by molar-refractivity contribution is -0.142. The number of esters is 1. The zero-order chi connectivity index (χ0) is 21.1. The molecule has 5 heteroatoms. The second-order valence-corrected chi connectivity index (χ2v) is 10.3. The first-order valence-electron chi connectivity index (χ1n) is 10.0. The molecule has 0 atom stereocenters. The second kappa shape index (κ2) is 11.6. The molecule has 0 saturated heterocycles. The SMILES string of the molecule is COCCOCCOC(=O)C[P+](c1ccccc1)(c1ccccc1)c1ccccc1. The van der Waals surface area contributed by atoms with Gasteiger partial charge >= 0.3 is 5.97 Å². The van der Waals surface area contributed by atoms with Gasteiger partial charge in [0.2, 0.25) is 0 Å². The van der Waals surface area contributed by atoms with Gasteiger partial charge in [-0.25, -0.2) is 4.79 Å². The van der Waals surface area contributed by atoms with Crippen LogP contribution in [0.15, 0.2) is 91.0 Å². The molecule has 4 nitrogen and oxygen atoms in total. The molecule has 0 unspecified atom stereocenters. The Morgan fingerprint density at radius 2 is 1.10 bits per heavy atom. The molecule has 0 N–H and O–H groups in total. The summed E-state index contributed by atoms with van der Waals surface area (Å²) in [7, 11) is -0.583. The topological polar surface area (TPSA) is 44.8 Å². The number of hydrogen-bond acceptors (Lipinski definition) is 4. The van der Waals surface area contributed by atoms with E-state index in [1.165, 1.54) is 0 Å². The smallest absolute Gasteiger partial charge is 0.345 e. The van der Waals surface area contributed by atoms with Crippen LogP contribution in [-0.4, -0.2) is 45.7 Å². The summed E-state index contributed by atoms with van der Waals surface area (Å²) in [6, 6.07) is 30.9. The molecular weight excluding hydrogens is 395 g/mol. The number of carbonyl (C=O) groups is 1. The van der Waals surface area contributed by atoms with Crippen LogP contribution in [0.4, 0.5) is 0 Å². The normalized spacial score (nSPS) is 11.2. The Morgan fingerprint density at radius 1 is 0.667 bits per heavy atom. The van der Waals surface area contributed by atoms with E-state index in [-0.39, 0.29) is 12.6 Å². The number of rotatable bonds is 11. The molecule has 0 spiro atoms. The molecule has 0 saturated carbocycles. The summed E-state index contributed by atoms with van der Waals surface area (Å²) in [5.74, 6) is -0.213. The first kappa shape index (κ1) is 22.2. The zero-order valence-electron chi connectivity index (χ0n) is 17.3. The molecule has 0 aliphatic carbocycles. The van der Waals surface area contributed by atoms with Crippen molar-refractivity contribution in [1.29, 1.82) is 0 Å². The molecule has 0 aliphatic heterocycles. The van der Waals surface area contributed by atoms with Gasteiger partial charge in [0.05, 0.1) is 19.8 Å². The highest BCUT2D eigenvalue weighted by Gasteiger charge is 2.47. The first-order valence-corrected chi connectivity index (χ1v) is 12.0. The van der Waals surface area contributed by atoms with Crippen LogP contribution in [0.5, 0.6) is 0 Å². The number of methoxy groups -OCH3 is 1. The third-order valence-corrected chi connectivity index (χ3v) is 9.15. The number of ether oxygens (including phenoxy) is 3. The average Bonchev–Trinajstić information content (AvgIpc) is 2.81. The van der Waals surface area contributed by atoms with E-state index in [1.807, 2.05) is 54.6 Å². The molecule has 0 heterocycles. The number of carbonyl (C=O) groups excluding carboxylic acids is 1. The summed E-state index contributed by atoms with van der Waals surface area (Å²) in [5.41, 5.74) is 0. The van der Waals surface area contributed by atoms with Crippen molar-refractivity contribution in [2.45, 2.75) is 0 Å². The van der Waals surface area contributed by atoms with Gasteiger partial charge in [-0.3, -0.25) is 0 Å². The third-order valence-electron chi connectivity index (χ3n) is 4.88. The van der Waals surface area contributed by atoms with Gasteiger partial charge < -0.3 is 14.2 Å². The lowest BCUT2D eigenvalue weighted by atomic mass is 10.4. The van der Waals surface area contributed by atoms with Crippen LogP contribution < -0.4 is 15.9 Å². The van der Waals surface area contributed by atoms with Gasteiger partial charge in [0.25, 0.3) is 0 Å². The maximum Gasteiger partial charge on any atom is 0.345 e. The molecule has 0 radical (unpaired) electrons. The van der Waals surface area contributed by atoms with Crippen molar-refractivity contribution < 1.29 is 19.0 Å². The number of hydrogen-bond donors (Lipinski definition) is 0. The molecule has 0 bridgehead atoms. The predicted molar refractivity (Wildman–Crippen MR) is 124 cm³/mol. The molecule has 3 aromatic carbocycles. The van der Waals surface area contributed by atoms with Crippen molar-refractivity contribution in [3.05, 3.63) is 91.0 Å². The Balaban J connectivity index is 1.91. The van der Waals surface area contributed by atoms with Crippen LogP contribution in [0, 0.1) is 0 Å². The van der Waals surface area contributed by atoms with E-state index in [1.54, 1.807) is 7.11 Å². The minimum Gasteiger partial charge on any atom is -0.461 e. The maximum absolute atomic E-state index is 13.0. The monoisotopic (exact) mass is 423 g/mol. The van der Waals surface area contributed by atoms with Crippen molar-refractivity contribution in [3.63, 3.8) is 0 Å². The highest BCUT2D eigenvalue weighted by atomic mass is 31.2. The highest BCUT2D eigenvalue weighted by molar-refractivity contribution is 7.96. The lowest BCUT2D eigenvalue weighted by Gasteiger charge is -2.26. The Bertz CT molecular complexity index is 788. The van der Waals surface area contributed by atoms with E-state index >= 15 is 0 Å². The summed E-state index contributed by atoms with van der Waals surface area (Å²) in [5, 5.41) is 3.49.